The van der Waals surface area contributed by atoms with E-state index in [0.29, 0.717) is 10.8 Å². The molecule has 0 bridgehead atoms. The van der Waals surface area contributed by atoms with Crippen molar-refractivity contribution in [3.05, 3.63) is 30.6 Å². The molecule has 106 valence electrons. The fourth-order valence-corrected chi connectivity index (χ4v) is 5.43. The standard InChI is InChI=1S/C10H18P2.3CO.Fe/c1-9(2,3)7-8(12-11-7)10(4,5)6;3*1-2;/h1-6H3;;;;. The molecular weight excluding hydrogens is 322 g/mol. The normalized spacial score (nSPS) is 13.5. The molecule has 1 rings (SSSR count). The number of rotatable bonds is 0. The molecule has 1 aliphatic rings. The third kappa shape index (κ3) is 10.5. The fraction of sp³-hybridized carbons (Fsp3) is 0.615. The summed E-state index contributed by atoms with van der Waals surface area (Å²) >= 11 is 0. The zero-order chi connectivity index (χ0) is 15.6. The van der Waals surface area contributed by atoms with Gasteiger partial charge in [-0.3, -0.25) is 0 Å². The van der Waals surface area contributed by atoms with Gasteiger partial charge >= 0.3 is 33.9 Å². The molecular formula is C13H18FeO3P2. The van der Waals surface area contributed by atoms with Gasteiger partial charge in [-0.25, -0.2) is 0 Å². The monoisotopic (exact) mass is 340 g/mol. The van der Waals surface area contributed by atoms with Crippen molar-refractivity contribution in [3.8, 4) is 0 Å². The van der Waals surface area contributed by atoms with Crippen molar-refractivity contribution in [2.24, 2.45) is 10.8 Å². The molecule has 0 aromatic rings. The Bertz CT molecular complexity index is 326. The predicted octanol–water partition coefficient (Wildman–Crippen LogP) is 5.00. The maximum Gasteiger partial charge on any atom is 0 e. The Morgan fingerprint density at radius 3 is 0.842 bits per heavy atom. The van der Waals surface area contributed by atoms with Crippen LogP contribution >= 0.6 is 15.7 Å². The van der Waals surface area contributed by atoms with Crippen LogP contribution in [0.1, 0.15) is 41.5 Å². The molecule has 0 aliphatic carbocycles. The van der Waals surface area contributed by atoms with E-state index in [1.807, 2.05) is 0 Å². The molecule has 0 saturated carbocycles. The molecule has 19 heavy (non-hydrogen) atoms. The molecule has 0 N–H and O–H groups in total. The molecule has 0 amide bonds. The van der Waals surface area contributed by atoms with Crippen molar-refractivity contribution in [3.63, 3.8) is 0 Å². The Morgan fingerprint density at radius 2 is 0.789 bits per heavy atom. The van der Waals surface area contributed by atoms with Crippen molar-refractivity contribution in [1.29, 1.82) is 0 Å². The Hall–Kier alpha value is 0.0795. The molecule has 0 saturated heterocycles. The summed E-state index contributed by atoms with van der Waals surface area (Å²) in [4.78, 5) is 0. The van der Waals surface area contributed by atoms with Crippen molar-refractivity contribution in [2.45, 2.75) is 41.5 Å². The van der Waals surface area contributed by atoms with Gasteiger partial charge in [-0.1, -0.05) is 41.5 Å². The minimum atomic E-state index is 0. The van der Waals surface area contributed by atoms with Crippen LogP contribution in [0.25, 0.3) is 0 Å². The topological polar surface area (TPSA) is 59.7 Å². The van der Waals surface area contributed by atoms with Crippen LogP contribution in [0.5, 0.6) is 0 Å². The van der Waals surface area contributed by atoms with Crippen LogP contribution in [0, 0.1) is 30.8 Å². The Labute approximate surface area is 130 Å². The zero-order valence-corrected chi connectivity index (χ0v) is 14.9. The molecule has 0 spiro atoms. The van der Waals surface area contributed by atoms with Gasteiger partial charge in [0.05, 0.1) is 0 Å². The van der Waals surface area contributed by atoms with Crippen molar-refractivity contribution < 1.29 is 31.0 Å². The molecule has 0 radical (unpaired) electrons. The summed E-state index contributed by atoms with van der Waals surface area (Å²) in [5.41, 5.74) is 0.769. The molecule has 0 aromatic heterocycles. The van der Waals surface area contributed by atoms with Gasteiger partial charge in [0, 0.05) is 17.1 Å². The summed E-state index contributed by atoms with van der Waals surface area (Å²) in [6, 6.07) is 0. The van der Waals surface area contributed by atoms with Gasteiger partial charge < -0.3 is 0 Å². The number of hydrogen-bond donors (Lipinski definition) is 0. The third-order valence-corrected chi connectivity index (χ3v) is 5.86. The SMILES string of the molecule is CC(C)(C)C1=C(C(C)(C)C)P=P1.[C-]#[O+].[C-]#[O+].[C-]#[O+].[Fe]. The molecule has 1 heterocycles. The first-order chi connectivity index (χ1) is 8.23. The van der Waals surface area contributed by atoms with Crippen molar-refractivity contribution in [1.82, 2.24) is 0 Å². The van der Waals surface area contributed by atoms with Crippen molar-refractivity contribution >= 4 is 15.7 Å². The summed E-state index contributed by atoms with van der Waals surface area (Å²) < 4.78 is 22.5. The van der Waals surface area contributed by atoms with E-state index >= 15 is 0 Å². The summed E-state index contributed by atoms with van der Waals surface area (Å²) in [6.45, 7) is 27.4. The summed E-state index contributed by atoms with van der Waals surface area (Å²) in [5, 5.41) is 3.33. The maximum atomic E-state index is 7.50. The van der Waals surface area contributed by atoms with Crippen LogP contribution in [0.3, 0.4) is 0 Å². The first-order valence-electron chi connectivity index (χ1n) is 5.01. The van der Waals surface area contributed by atoms with E-state index < -0.39 is 0 Å². The van der Waals surface area contributed by atoms with Crippen LogP contribution < -0.4 is 0 Å². The van der Waals surface area contributed by atoms with Gasteiger partial charge in [-0.2, -0.15) is 0 Å². The van der Waals surface area contributed by atoms with Gasteiger partial charge in [0.2, 0.25) is 0 Å². The van der Waals surface area contributed by atoms with E-state index in [9.17, 15) is 0 Å². The average Bonchev–Trinajstić information content (AvgIpc) is 2.20. The first-order valence-corrected chi connectivity index (χ1v) is 7.50. The van der Waals surface area contributed by atoms with E-state index in [1.54, 1.807) is 10.6 Å². The van der Waals surface area contributed by atoms with Crippen LogP contribution in [-0.2, 0) is 31.0 Å². The summed E-state index contributed by atoms with van der Waals surface area (Å²) in [6.07, 6.45) is 0. The predicted molar refractivity (Wildman–Crippen MR) is 71.6 cm³/mol. The third-order valence-electron chi connectivity index (χ3n) is 1.90. The van der Waals surface area contributed by atoms with E-state index in [2.05, 4.69) is 61.5 Å². The molecule has 1 aliphatic heterocycles. The average molecular weight is 340 g/mol. The Balaban J connectivity index is -0.000000142. The van der Waals surface area contributed by atoms with E-state index in [0.717, 1.165) is 0 Å². The summed E-state index contributed by atoms with van der Waals surface area (Å²) in [7, 11) is 3.07. The molecule has 6 heteroatoms. The first kappa shape index (κ1) is 27.4. The second kappa shape index (κ2) is 13.1. The van der Waals surface area contributed by atoms with Crippen LogP contribution in [-0.4, -0.2) is 0 Å². The van der Waals surface area contributed by atoms with E-state index in [4.69, 9.17) is 14.0 Å². The second-order valence-electron chi connectivity index (χ2n) is 5.40. The Kier molecular flexibility index (Phi) is 18.9. The smallest absolute Gasteiger partial charge is 0 e. The molecule has 0 atom stereocenters. The number of hydrogen-bond acceptors (Lipinski definition) is 0. The molecule has 0 fully saturated rings. The molecule has 3 nitrogen and oxygen atoms in total. The largest absolute Gasteiger partial charge is 0 e. The minimum absolute atomic E-state index is 0. The van der Waals surface area contributed by atoms with Crippen LogP contribution in [0.4, 0.5) is 0 Å². The zero-order valence-electron chi connectivity index (χ0n) is 12.0. The van der Waals surface area contributed by atoms with Gasteiger partial charge in [-0.15, -0.1) is 0 Å². The minimum Gasteiger partial charge on any atom is 0 e. The van der Waals surface area contributed by atoms with Gasteiger partial charge in [-0.05, 0) is 37.2 Å². The molecule has 0 unspecified atom stereocenters. The van der Waals surface area contributed by atoms with Gasteiger partial charge in [0.15, 0.2) is 0 Å². The van der Waals surface area contributed by atoms with E-state index in [1.165, 1.54) is 15.7 Å². The van der Waals surface area contributed by atoms with E-state index in [-0.39, 0.29) is 17.1 Å². The maximum absolute atomic E-state index is 7.50. The second-order valence-corrected chi connectivity index (χ2v) is 7.89. The van der Waals surface area contributed by atoms with Crippen LogP contribution in [0.2, 0.25) is 0 Å². The Morgan fingerprint density at radius 1 is 0.632 bits per heavy atom. The van der Waals surface area contributed by atoms with Gasteiger partial charge in [0.25, 0.3) is 0 Å². The number of allylic oxidation sites excluding steroid dienone is 2. The molecule has 0 aromatic carbocycles. The summed E-state index contributed by atoms with van der Waals surface area (Å²) in [5.74, 6) is 0. The van der Waals surface area contributed by atoms with Crippen molar-refractivity contribution in [2.75, 3.05) is 0 Å². The quantitative estimate of drug-likeness (QED) is 0.258. The fourth-order valence-electron chi connectivity index (χ4n) is 1.16. The van der Waals surface area contributed by atoms with Gasteiger partial charge in [0.1, 0.15) is 0 Å². The van der Waals surface area contributed by atoms with Crippen LogP contribution in [0.15, 0.2) is 10.6 Å².